The molecule has 0 radical (unpaired) electrons. The van der Waals surface area contributed by atoms with Crippen molar-refractivity contribution < 1.29 is 38.5 Å². The zero-order valence-corrected chi connectivity index (χ0v) is 37.9. The topological polar surface area (TPSA) is 204 Å². The predicted molar refractivity (Wildman–Crippen MR) is 248 cm³/mol. The third-order valence-electron chi connectivity index (χ3n) is 11.4. The Kier molecular flexibility index (Phi) is 15.7. The van der Waals surface area contributed by atoms with Crippen molar-refractivity contribution in [2.75, 3.05) is 53.6 Å². The molecule has 0 aliphatic carbocycles. The zero-order valence-electron chi connectivity index (χ0n) is 37.1. The molecule has 2 aliphatic heterocycles. The Bertz CT molecular complexity index is 2380. The number of nitrogens with zero attached hydrogens (tertiary/aromatic N) is 4. The Morgan fingerprint density at radius 2 is 1.03 bits per heavy atom. The molecular formula is C48H52N6O10S. The summed E-state index contributed by atoms with van der Waals surface area (Å²) in [5.41, 5.74) is 3.16. The number of carbonyl (C=O) groups is 4. The van der Waals surface area contributed by atoms with Crippen molar-refractivity contribution >= 4 is 58.9 Å². The molecule has 0 bridgehead atoms. The number of morpholine rings is 2. The minimum atomic E-state index is -0.859. The molecule has 2 atom stereocenters. The molecule has 4 aromatic carbocycles. The first-order valence-electron chi connectivity index (χ1n) is 21.2. The van der Waals surface area contributed by atoms with Crippen LogP contribution in [0.2, 0.25) is 0 Å². The number of carbonyl (C=O) groups excluding carboxylic acids is 4. The normalized spacial score (nSPS) is 16.6. The van der Waals surface area contributed by atoms with E-state index in [4.69, 9.17) is 9.47 Å². The van der Waals surface area contributed by atoms with E-state index in [0.29, 0.717) is 22.3 Å². The molecule has 2 fully saturated rings. The fourth-order valence-corrected chi connectivity index (χ4v) is 9.19. The lowest BCUT2D eigenvalue weighted by molar-refractivity contribution is -0.387. The van der Waals surface area contributed by atoms with Crippen LogP contribution in [-0.4, -0.2) is 109 Å². The first kappa shape index (κ1) is 47.8. The largest absolute Gasteiger partial charge is 0.377 e. The van der Waals surface area contributed by atoms with E-state index >= 15 is 0 Å². The SMILES string of the molecule is CNC(=O)C1COCCN1C(=O)C=Cc1ccc(Sc2ccc(C=CC(=O)N3CCOCC3C(=O)NC)c(-c3ccccc3C(C)C)c2[N+](=O)[O-])c([N+](=O)[O-])c1-c1ccccc1C(C)C. The van der Waals surface area contributed by atoms with Crippen LogP contribution in [0.4, 0.5) is 11.4 Å². The summed E-state index contributed by atoms with van der Waals surface area (Å²) < 4.78 is 10.9. The maximum absolute atomic E-state index is 13.7. The summed E-state index contributed by atoms with van der Waals surface area (Å²) in [5, 5.41) is 32.0. The molecule has 2 aliphatic rings. The molecule has 0 spiro atoms. The van der Waals surface area contributed by atoms with Crippen LogP contribution in [-0.2, 0) is 28.7 Å². The van der Waals surface area contributed by atoms with E-state index in [0.717, 1.165) is 22.9 Å². The number of ether oxygens (including phenoxy) is 2. The van der Waals surface area contributed by atoms with E-state index in [2.05, 4.69) is 10.6 Å². The van der Waals surface area contributed by atoms with Gasteiger partial charge in [-0.2, -0.15) is 0 Å². The standard InChI is InChI=1S/C48H52N6O10S/c1-29(2)33-11-7-9-13-35(33)43-31(17-21-41(55)51-23-25-63-27-37(51)47(57)49-5)15-19-39(45(43)53(59)60)65-40-20-16-32(18-22-42(56)52-24-26-64-28-38(52)48(58)50-6)44(46(40)54(61)62)36-14-10-8-12-34(36)30(3)4/h7-22,29-30,37-38H,23-28H2,1-6H3,(H,49,57)(H,50,58). The first-order chi connectivity index (χ1) is 31.2. The van der Waals surface area contributed by atoms with Crippen LogP contribution in [0.3, 0.4) is 0 Å². The van der Waals surface area contributed by atoms with E-state index in [1.807, 2.05) is 52.0 Å². The third kappa shape index (κ3) is 10.5. The second kappa shape index (κ2) is 21.3. The Labute approximate surface area is 381 Å². The predicted octanol–water partition coefficient (Wildman–Crippen LogP) is 7.21. The molecule has 65 heavy (non-hydrogen) atoms. The lowest BCUT2D eigenvalue weighted by Crippen LogP contribution is -2.55. The Morgan fingerprint density at radius 3 is 1.38 bits per heavy atom. The highest BCUT2D eigenvalue weighted by atomic mass is 32.2. The van der Waals surface area contributed by atoms with Gasteiger partial charge in [-0.1, -0.05) is 100 Å². The highest BCUT2D eigenvalue weighted by molar-refractivity contribution is 7.99. The minimum absolute atomic E-state index is 0.0178. The number of benzene rings is 4. The lowest BCUT2D eigenvalue weighted by Gasteiger charge is -2.33. The molecule has 4 amide bonds. The van der Waals surface area contributed by atoms with Crippen LogP contribution in [0.25, 0.3) is 34.4 Å². The van der Waals surface area contributed by atoms with Crippen molar-refractivity contribution in [3.05, 3.63) is 127 Å². The summed E-state index contributed by atoms with van der Waals surface area (Å²) in [6, 6.07) is 19.1. The number of hydrogen-bond acceptors (Lipinski definition) is 11. The molecule has 0 saturated carbocycles. The number of amides is 4. The maximum Gasteiger partial charge on any atom is 0.291 e. The van der Waals surface area contributed by atoms with Gasteiger partial charge >= 0.3 is 0 Å². The number of nitro groups is 2. The van der Waals surface area contributed by atoms with Crippen molar-refractivity contribution in [1.82, 2.24) is 20.4 Å². The summed E-state index contributed by atoms with van der Waals surface area (Å²) in [5.74, 6) is -1.89. The minimum Gasteiger partial charge on any atom is -0.377 e. The fraction of sp³-hybridized carbons (Fsp3) is 0.333. The van der Waals surface area contributed by atoms with Gasteiger partial charge in [0.05, 0.1) is 57.2 Å². The van der Waals surface area contributed by atoms with Crippen LogP contribution >= 0.6 is 11.8 Å². The molecular weight excluding hydrogens is 853 g/mol. The average Bonchev–Trinajstić information content (AvgIpc) is 3.31. The van der Waals surface area contributed by atoms with Crippen LogP contribution in [0, 0.1) is 20.2 Å². The third-order valence-corrected chi connectivity index (χ3v) is 12.5. The monoisotopic (exact) mass is 904 g/mol. The Morgan fingerprint density at radius 1 is 0.646 bits per heavy atom. The van der Waals surface area contributed by atoms with Crippen LogP contribution in [0.5, 0.6) is 0 Å². The molecule has 0 aromatic heterocycles. The molecule has 16 nitrogen and oxygen atoms in total. The Hall–Kier alpha value is -6.69. The average molecular weight is 905 g/mol. The van der Waals surface area contributed by atoms with E-state index in [1.54, 1.807) is 36.4 Å². The summed E-state index contributed by atoms with van der Waals surface area (Å²) in [4.78, 5) is 81.5. The molecule has 2 unspecified atom stereocenters. The smallest absolute Gasteiger partial charge is 0.291 e. The zero-order chi connectivity index (χ0) is 46.9. The van der Waals surface area contributed by atoms with Gasteiger partial charge in [-0.3, -0.25) is 39.4 Å². The van der Waals surface area contributed by atoms with Gasteiger partial charge in [0.15, 0.2) is 0 Å². The summed E-state index contributed by atoms with van der Waals surface area (Å²) >= 11 is 0.869. The van der Waals surface area contributed by atoms with Gasteiger partial charge < -0.3 is 29.9 Å². The summed E-state index contributed by atoms with van der Waals surface area (Å²) in [7, 11) is 2.94. The van der Waals surface area contributed by atoms with E-state index < -0.39 is 33.7 Å². The van der Waals surface area contributed by atoms with Gasteiger partial charge in [0.1, 0.15) is 12.1 Å². The number of likely N-dealkylation sites (N-methyl/N-ethyl adjacent to an activating group) is 2. The van der Waals surface area contributed by atoms with Crippen molar-refractivity contribution in [2.24, 2.45) is 0 Å². The van der Waals surface area contributed by atoms with Gasteiger partial charge in [0, 0.05) is 39.3 Å². The first-order valence-corrected chi connectivity index (χ1v) is 22.0. The van der Waals surface area contributed by atoms with Crippen LogP contribution in [0.1, 0.15) is 61.8 Å². The van der Waals surface area contributed by atoms with Crippen molar-refractivity contribution in [2.45, 2.75) is 61.4 Å². The van der Waals surface area contributed by atoms with Crippen molar-refractivity contribution in [1.29, 1.82) is 0 Å². The quantitative estimate of drug-likeness (QED) is 0.0735. The maximum atomic E-state index is 13.7. The Balaban J connectivity index is 1.52. The molecule has 2 N–H and O–H groups in total. The van der Waals surface area contributed by atoms with Gasteiger partial charge in [0.2, 0.25) is 23.6 Å². The highest BCUT2D eigenvalue weighted by Crippen LogP contribution is 2.50. The van der Waals surface area contributed by atoms with E-state index in [-0.39, 0.29) is 95.5 Å². The summed E-state index contributed by atoms with van der Waals surface area (Å²) in [6.07, 6.45) is 5.55. The molecule has 6 rings (SSSR count). The number of nitrogens with one attached hydrogen (secondary N) is 2. The number of nitro benzene ring substituents is 2. The van der Waals surface area contributed by atoms with E-state index in [9.17, 15) is 39.4 Å². The van der Waals surface area contributed by atoms with Crippen molar-refractivity contribution in [3.63, 3.8) is 0 Å². The lowest BCUT2D eigenvalue weighted by atomic mass is 9.89. The molecule has 4 aromatic rings. The number of hydrogen-bond donors (Lipinski definition) is 2. The van der Waals surface area contributed by atoms with Gasteiger partial charge in [-0.05, 0) is 69.5 Å². The number of rotatable bonds is 14. The molecule has 340 valence electrons. The molecule has 2 heterocycles. The van der Waals surface area contributed by atoms with Gasteiger partial charge in [-0.25, -0.2) is 0 Å². The molecule has 2 saturated heterocycles. The molecule has 17 heteroatoms. The summed E-state index contributed by atoms with van der Waals surface area (Å²) in [6.45, 7) is 8.69. The van der Waals surface area contributed by atoms with Gasteiger partial charge in [-0.15, -0.1) is 0 Å². The van der Waals surface area contributed by atoms with Crippen molar-refractivity contribution in [3.8, 4) is 22.3 Å². The second-order valence-corrected chi connectivity index (χ2v) is 17.1. The van der Waals surface area contributed by atoms with Crippen LogP contribution in [0.15, 0.2) is 94.7 Å². The van der Waals surface area contributed by atoms with E-state index in [1.165, 1.54) is 60.3 Å². The van der Waals surface area contributed by atoms with Crippen LogP contribution < -0.4 is 10.6 Å². The fourth-order valence-electron chi connectivity index (χ4n) is 8.14. The second-order valence-electron chi connectivity index (χ2n) is 16.0. The highest BCUT2D eigenvalue weighted by Gasteiger charge is 2.35. The van der Waals surface area contributed by atoms with Gasteiger partial charge in [0.25, 0.3) is 11.4 Å².